The van der Waals surface area contributed by atoms with E-state index in [1.165, 1.54) is 0 Å². The molecular weight excluding hydrogens is 323 g/mol. The smallest absolute Gasteiger partial charge is 0.189 e. The number of hydrogen-bond donors (Lipinski definition) is 0. The summed E-state index contributed by atoms with van der Waals surface area (Å²) >= 11 is 15.4. The van der Waals surface area contributed by atoms with Crippen molar-refractivity contribution in [1.82, 2.24) is 0 Å². The summed E-state index contributed by atoms with van der Waals surface area (Å²) in [6.07, 6.45) is 3.75. The monoisotopic (exact) mass is 330 g/mol. The van der Waals surface area contributed by atoms with Crippen molar-refractivity contribution in [3.8, 4) is 0 Å². The van der Waals surface area contributed by atoms with Gasteiger partial charge in [0.15, 0.2) is 5.78 Å². The molecule has 0 saturated carbocycles. The average Bonchev–Trinajstić information content (AvgIpc) is 2.33. The Morgan fingerprint density at radius 3 is 2.47 bits per heavy atom. The average molecular weight is 332 g/mol. The molecule has 0 bridgehead atoms. The molecule has 0 saturated heterocycles. The van der Waals surface area contributed by atoms with E-state index >= 15 is 0 Å². The van der Waals surface area contributed by atoms with Crippen molar-refractivity contribution in [2.45, 2.75) is 10.2 Å². The molecule has 0 amide bonds. The highest BCUT2D eigenvalue weighted by atomic mass is 79.9. The van der Waals surface area contributed by atoms with Gasteiger partial charge in [-0.1, -0.05) is 63.9 Å². The maximum Gasteiger partial charge on any atom is 0.189 e. The van der Waals surface area contributed by atoms with Gasteiger partial charge in [0.25, 0.3) is 0 Å². The summed E-state index contributed by atoms with van der Waals surface area (Å²) in [5.74, 6) is -0.0181. The minimum atomic E-state index is -0.858. The van der Waals surface area contributed by atoms with Crippen LogP contribution in [-0.2, 0) is 0 Å². The van der Waals surface area contributed by atoms with E-state index in [4.69, 9.17) is 23.2 Å². The van der Waals surface area contributed by atoms with Gasteiger partial charge in [0.1, 0.15) is 3.78 Å². The summed E-state index contributed by atoms with van der Waals surface area (Å²) in [4.78, 5) is 12.2. The van der Waals surface area contributed by atoms with Crippen molar-refractivity contribution < 1.29 is 4.79 Å². The third-order valence-electron chi connectivity index (χ3n) is 2.52. The summed E-state index contributed by atoms with van der Waals surface area (Å²) in [5, 5.41) is 0.490. The number of halogens is 3. The van der Waals surface area contributed by atoms with E-state index in [2.05, 4.69) is 15.9 Å². The molecule has 0 N–H and O–H groups in total. The first-order valence-electron chi connectivity index (χ1n) is 5.05. The van der Waals surface area contributed by atoms with E-state index in [0.29, 0.717) is 22.6 Å². The molecule has 1 aliphatic rings. The molecule has 1 unspecified atom stereocenters. The molecule has 1 aliphatic carbocycles. The van der Waals surface area contributed by atoms with Crippen LogP contribution in [0.2, 0.25) is 0 Å². The van der Waals surface area contributed by atoms with Gasteiger partial charge in [0.05, 0.1) is 5.03 Å². The number of rotatable bonds is 2. The highest BCUT2D eigenvalue weighted by molar-refractivity contribution is 9.10. The molecule has 4 heteroatoms. The second-order valence-corrected chi connectivity index (χ2v) is 6.65. The van der Waals surface area contributed by atoms with E-state index < -0.39 is 3.78 Å². The first-order chi connectivity index (χ1) is 8.00. The molecule has 0 spiro atoms. The van der Waals surface area contributed by atoms with Crippen LogP contribution in [0, 0.1) is 0 Å². The summed E-state index contributed by atoms with van der Waals surface area (Å²) in [5.41, 5.74) is 1.30. The van der Waals surface area contributed by atoms with Crippen LogP contribution in [0.15, 0.2) is 53.1 Å². The van der Waals surface area contributed by atoms with Crippen LogP contribution in [0.1, 0.15) is 16.8 Å². The van der Waals surface area contributed by atoms with Crippen molar-refractivity contribution in [2.75, 3.05) is 0 Å². The Bertz CT molecular complexity index is 503. The highest BCUT2D eigenvalue weighted by Crippen LogP contribution is 2.43. The molecule has 1 aromatic rings. The van der Waals surface area contributed by atoms with E-state index in [1.54, 1.807) is 24.3 Å². The molecular formula is C13H9BrCl2O. The Hall–Kier alpha value is -0.570. The maximum atomic E-state index is 12.2. The highest BCUT2D eigenvalue weighted by Gasteiger charge is 2.33. The molecule has 1 aromatic carbocycles. The van der Waals surface area contributed by atoms with Gasteiger partial charge in [-0.05, 0) is 6.08 Å². The van der Waals surface area contributed by atoms with Gasteiger partial charge in [-0.2, -0.15) is 0 Å². The Labute approximate surface area is 118 Å². The first kappa shape index (κ1) is 12.9. The Kier molecular flexibility index (Phi) is 3.76. The normalized spacial score (nSPS) is 23.9. The summed E-state index contributed by atoms with van der Waals surface area (Å²) in [6, 6.07) is 9.11. The lowest BCUT2D eigenvalue weighted by Gasteiger charge is -2.23. The summed E-state index contributed by atoms with van der Waals surface area (Å²) < 4.78 is -0.858. The van der Waals surface area contributed by atoms with Crippen LogP contribution < -0.4 is 0 Å². The van der Waals surface area contributed by atoms with Gasteiger partial charge in [0, 0.05) is 17.6 Å². The Balaban J connectivity index is 2.29. The number of carbonyl (C=O) groups is 1. The molecule has 0 aliphatic heterocycles. The van der Waals surface area contributed by atoms with Crippen LogP contribution in [0.5, 0.6) is 0 Å². The lowest BCUT2D eigenvalue weighted by Crippen LogP contribution is -2.20. The molecule has 17 heavy (non-hydrogen) atoms. The summed E-state index contributed by atoms with van der Waals surface area (Å²) in [6.45, 7) is 0. The van der Waals surface area contributed by atoms with Crippen LogP contribution in [0.4, 0.5) is 0 Å². The molecule has 0 heterocycles. The Morgan fingerprint density at radius 1 is 1.24 bits per heavy atom. The predicted molar refractivity (Wildman–Crippen MR) is 74.9 cm³/mol. The lowest BCUT2D eigenvalue weighted by molar-refractivity contribution is 0.103. The third kappa shape index (κ3) is 2.82. The molecule has 1 atom stereocenters. The molecule has 1 nitrogen and oxygen atoms in total. The van der Waals surface area contributed by atoms with E-state index in [9.17, 15) is 4.79 Å². The van der Waals surface area contributed by atoms with Gasteiger partial charge in [-0.3, -0.25) is 4.79 Å². The largest absolute Gasteiger partial charge is 0.289 e. The Morgan fingerprint density at radius 2 is 1.88 bits per heavy atom. The first-order valence-corrected chi connectivity index (χ1v) is 6.60. The van der Waals surface area contributed by atoms with Gasteiger partial charge in [0.2, 0.25) is 0 Å². The molecule has 0 fully saturated rings. The fraction of sp³-hybridized carbons (Fsp3) is 0.154. The minimum absolute atomic E-state index is 0.0181. The van der Waals surface area contributed by atoms with Gasteiger partial charge >= 0.3 is 0 Å². The lowest BCUT2D eigenvalue weighted by atomic mass is 9.96. The number of carbonyl (C=O) groups excluding carboxylic acids is 1. The minimum Gasteiger partial charge on any atom is -0.289 e. The second-order valence-electron chi connectivity index (χ2n) is 3.78. The fourth-order valence-electron chi connectivity index (χ4n) is 1.61. The van der Waals surface area contributed by atoms with E-state index in [1.807, 2.05) is 18.2 Å². The molecule has 2 rings (SSSR count). The zero-order chi connectivity index (χ0) is 12.5. The number of hydrogen-bond acceptors (Lipinski definition) is 1. The molecule has 0 radical (unpaired) electrons. The second kappa shape index (κ2) is 4.97. The molecule has 0 aromatic heterocycles. The standard InChI is InChI=1S/C13H9BrCl2O/c14-13(16)8-10(6-7-11(13)15)12(17)9-4-2-1-3-5-9/h1-7H,8H2. The number of Topliss-reactive ketones (excluding diaryl/α,β-unsaturated/α-hetero) is 1. The van der Waals surface area contributed by atoms with Crippen molar-refractivity contribution in [3.05, 3.63) is 58.7 Å². The quantitative estimate of drug-likeness (QED) is 0.569. The van der Waals surface area contributed by atoms with Gasteiger partial charge < -0.3 is 0 Å². The van der Waals surface area contributed by atoms with Crippen LogP contribution in [-0.4, -0.2) is 9.57 Å². The number of benzene rings is 1. The zero-order valence-electron chi connectivity index (χ0n) is 8.79. The number of ketones is 1. The number of allylic oxidation sites excluding steroid dienone is 4. The van der Waals surface area contributed by atoms with E-state index in [0.717, 1.165) is 0 Å². The number of alkyl halides is 2. The summed E-state index contributed by atoms with van der Waals surface area (Å²) in [7, 11) is 0. The van der Waals surface area contributed by atoms with Crippen molar-refractivity contribution in [3.63, 3.8) is 0 Å². The predicted octanol–water partition coefficient (Wildman–Crippen LogP) is 4.65. The zero-order valence-corrected chi connectivity index (χ0v) is 11.9. The molecule has 88 valence electrons. The fourth-order valence-corrected chi connectivity index (χ4v) is 2.38. The third-order valence-corrected chi connectivity index (χ3v) is 4.34. The van der Waals surface area contributed by atoms with Gasteiger partial charge in [-0.25, -0.2) is 0 Å². The topological polar surface area (TPSA) is 17.1 Å². The van der Waals surface area contributed by atoms with Crippen LogP contribution >= 0.6 is 39.1 Å². The van der Waals surface area contributed by atoms with Crippen molar-refractivity contribution in [1.29, 1.82) is 0 Å². The van der Waals surface area contributed by atoms with Crippen LogP contribution in [0.3, 0.4) is 0 Å². The maximum absolute atomic E-state index is 12.2. The van der Waals surface area contributed by atoms with Gasteiger partial charge in [-0.15, -0.1) is 11.6 Å². The van der Waals surface area contributed by atoms with Crippen LogP contribution in [0.25, 0.3) is 0 Å². The van der Waals surface area contributed by atoms with Crippen molar-refractivity contribution in [2.24, 2.45) is 0 Å². The van der Waals surface area contributed by atoms with E-state index in [-0.39, 0.29) is 5.78 Å². The van der Waals surface area contributed by atoms with Crippen molar-refractivity contribution >= 4 is 44.9 Å². The SMILES string of the molecule is O=C(C1=CC=C(Cl)C(Cl)(Br)C1)c1ccccc1.